The second-order valence-corrected chi connectivity index (χ2v) is 8.26. The van der Waals surface area contributed by atoms with Gasteiger partial charge in [-0.05, 0) is 44.9 Å². The first-order valence-corrected chi connectivity index (χ1v) is 10.0. The SMILES string of the molecule is CCn1c2c(c3cc(C)ccc31)CC(CS(=O)(=O)O)n1c-2cnc1C. The van der Waals surface area contributed by atoms with E-state index in [4.69, 9.17) is 0 Å². The lowest BCUT2D eigenvalue weighted by Gasteiger charge is -2.27. The largest absolute Gasteiger partial charge is 0.339 e. The number of imidazole rings is 1. The van der Waals surface area contributed by atoms with Crippen molar-refractivity contribution in [1.29, 1.82) is 0 Å². The van der Waals surface area contributed by atoms with E-state index < -0.39 is 10.1 Å². The standard InChI is InChI=1S/C18H21N3O3S/c1-4-20-16-6-5-11(2)7-14(16)15-8-13(10-25(22,23)24)21-12(3)19-9-17(21)18(15)20/h5-7,9,13H,4,8,10H2,1-3H3,(H,22,23,24). The molecule has 0 spiro atoms. The molecule has 0 saturated carbocycles. The highest BCUT2D eigenvalue weighted by atomic mass is 32.2. The van der Waals surface area contributed by atoms with Gasteiger partial charge in [-0.25, -0.2) is 4.98 Å². The van der Waals surface area contributed by atoms with Crippen LogP contribution in [0.2, 0.25) is 0 Å². The van der Waals surface area contributed by atoms with E-state index in [9.17, 15) is 13.0 Å². The molecule has 1 aliphatic rings. The van der Waals surface area contributed by atoms with Crippen molar-refractivity contribution in [3.05, 3.63) is 41.3 Å². The molecule has 25 heavy (non-hydrogen) atoms. The third-order valence-corrected chi connectivity index (χ3v) is 5.88. The summed E-state index contributed by atoms with van der Waals surface area (Å²) in [6, 6.07) is 6.02. The third-order valence-electron chi connectivity index (χ3n) is 5.07. The molecule has 0 fully saturated rings. The van der Waals surface area contributed by atoms with E-state index in [2.05, 4.69) is 41.6 Å². The predicted molar refractivity (Wildman–Crippen MR) is 97.5 cm³/mol. The van der Waals surface area contributed by atoms with Gasteiger partial charge < -0.3 is 9.13 Å². The highest BCUT2D eigenvalue weighted by Crippen LogP contribution is 2.42. The molecular formula is C18H21N3O3S. The second kappa shape index (κ2) is 5.44. The molecule has 2 aromatic heterocycles. The van der Waals surface area contributed by atoms with Crippen molar-refractivity contribution in [1.82, 2.24) is 14.1 Å². The fourth-order valence-electron chi connectivity index (χ4n) is 4.16. The Morgan fingerprint density at radius 3 is 2.76 bits per heavy atom. The van der Waals surface area contributed by atoms with E-state index >= 15 is 0 Å². The van der Waals surface area contributed by atoms with E-state index in [0.29, 0.717) is 6.42 Å². The van der Waals surface area contributed by atoms with Gasteiger partial charge >= 0.3 is 0 Å². The first-order chi connectivity index (χ1) is 11.8. The monoisotopic (exact) mass is 359 g/mol. The van der Waals surface area contributed by atoms with Crippen LogP contribution < -0.4 is 0 Å². The summed E-state index contributed by atoms with van der Waals surface area (Å²) in [4.78, 5) is 4.41. The maximum Gasteiger partial charge on any atom is 0.266 e. The van der Waals surface area contributed by atoms with Crippen LogP contribution in [0, 0.1) is 13.8 Å². The van der Waals surface area contributed by atoms with Crippen LogP contribution in [-0.4, -0.2) is 32.8 Å². The molecule has 1 unspecified atom stereocenters. The number of aromatic nitrogens is 3. The number of aryl methyl sites for hydroxylation is 3. The summed E-state index contributed by atoms with van der Waals surface area (Å²) >= 11 is 0. The van der Waals surface area contributed by atoms with Crippen LogP contribution in [-0.2, 0) is 23.1 Å². The molecule has 1 N–H and O–H groups in total. The highest BCUT2D eigenvalue weighted by Gasteiger charge is 2.33. The Hall–Kier alpha value is -2.12. The van der Waals surface area contributed by atoms with E-state index in [0.717, 1.165) is 40.2 Å². The Morgan fingerprint density at radius 1 is 1.32 bits per heavy atom. The van der Waals surface area contributed by atoms with Crippen molar-refractivity contribution in [3.63, 3.8) is 0 Å². The predicted octanol–water partition coefficient (Wildman–Crippen LogP) is 3.13. The first kappa shape index (κ1) is 16.4. The van der Waals surface area contributed by atoms with Crippen LogP contribution in [0.3, 0.4) is 0 Å². The number of hydrogen-bond donors (Lipinski definition) is 1. The molecular weight excluding hydrogens is 338 g/mol. The van der Waals surface area contributed by atoms with Crippen molar-refractivity contribution in [2.75, 3.05) is 5.75 Å². The Labute approximate surface area is 146 Å². The van der Waals surface area contributed by atoms with Crippen molar-refractivity contribution in [2.24, 2.45) is 0 Å². The molecule has 0 radical (unpaired) electrons. The van der Waals surface area contributed by atoms with Gasteiger partial charge in [-0.2, -0.15) is 8.42 Å². The van der Waals surface area contributed by atoms with Gasteiger partial charge in [-0.15, -0.1) is 0 Å². The van der Waals surface area contributed by atoms with Crippen LogP contribution in [0.1, 0.15) is 29.9 Å². The summed E-state index contributed by atoms with van der Waals surface area (Å²) in [6.07, 6.45) is 2.37. The topological polar surface area (TPSA) is 77.1 Å². The number of hydrogen-bond acceptors (Lipinski definition) is 3. The minimum absolute atomic E-state index is 0.304. The van der Waals surface area contributed by atoms with Gasteiger partial charge in [0.05, 0.1) is 29.4 Å². The average Bonchev–Trinajstić information content (AvgIpc) is 3.04. The van der Waals surface area contributed by atoms with Crippen LogP contribution in [0.15, 0.2) is 24.4 Å². The van der Waals surface area contributed by atoms with Gasteiger partial charge in [0.1, 0.15) is 5.82 Å². The molecule has 0 amide bonds. The fourth-order valence-corrected chi connectivity index (χ4v) is 4.91. The Bertz CT molecular complexity index is 1090. The first-order valence-electron chi connectivity index (χ1n) is 8.41. The van der Waals surface area contributed by atoms with Gasteiger partial charge in [0.2, 0.25) is 0 Å². The second-order valence-electron chi connectivity index (χ2n) is 6.76. The third kappa shape index (κ3) is 2.49. The smallest absolute Gasteiger partial charge is 0.266 e. The maximum atomic E-state index is 11.6. The van der Waals surface area contributed by atoms with Crippen LogP contribution in [0.5, 0.6) is 0 Å². The normalized spacial score (nSPS) is 16.9. The van der Waals surface area contributed by atoms with E-state index in [1.54, 1.807) is 0 Å². The van der Waals surface area contributed by atoms with Crippen LogP contribution >= 0.6 is 0 Å². The zero-order chi connectivity index (χ0) is 17.9. The van der Waals surface area contributed by atoms with Gasteiger partial charge in [0.25, 0.3) is 10.1 Å². The quantitative estimate of drug-likeness (QED) is 0.729. The van der Waals surface area contributed by atoms with E-state index in [-0.39, 0.29) is 11.8 Å². The molecule has 3 aromatic rings. The maximum absolute atomic E-state index is 11.6. The Balaban J connectivity index is 2.04. The number of rotatable bonds is 3. The molecule has 0 bridgehead atoms. The molecule has 3 heterocycles. The highest BCUT2D eigenvalue weighted by molar-refractivity contribution is 7.85. The Morgan fingerprint density at radius 2 is 2.08 bits per heavy atom. The van der Waals surface area contributed by atoms with E-state index in [1.807, 2.05) is 17.7 Å². The zero-order valence-electron chi connectivity index (χ0n) is 14.5. The number of nitrogens with zero attached hydrogens (tertiary/aromatic N) is 3. The van der Waals surface area contributed by atoms with Gasteiger partial charge in [0.15, 0.2) is 0 Å². The summed E-state index contributed by atoms with van der Waals surface area (Å²) in [7, 11) is -4.08. The summed E-state index contributed by atoms with van der Waals surface area (Å²) in [6.45, 7) is 6.86. The summed E-state index contributed by atoms with van der Waals surface area (Å²) in [5.41, 5.74) is 5.49. The molecule has 1 aliphatic heterocycles. The molecule has 1 aromatic carbocycles. The molecule has 6 nitrogen and oxygen atoms in total. The minimum atomic E-state index is -4.08. The van der Waals surface area contributed by atoms with Gasteiger partial charge in [-0.1, -0.05) is 11.6 Å². The summed E-state index contributed by atoms with van der Waals surface area (Å²) in [5.74, 6) is 0.458. The van der Waals surface area contributed by atoms with Crippen molar-refractivity contribution >= 4 is 21.0 Å². The Kier molecular flexibility index (Phi) is 3.56. The van der Waals surface area contributed by atoms with Crippen molar-refractivity contribution < 1.29 is 13.0 Å². The van der Waals surface area contributed by atoms with E-state index in [1.165, 1.54) is 5.56 Å². The fraction of sp³-hybridized carbons (Fsp3) is 0.389. The average molecular weight is 359 g/mol. The molecule has 0 saturated heterocycles. The molecule has 1 atom stereocenters. The van der Waals surface area contributed by atoms with Gasteiger partial charge in [0, 0.05) is 17.4 Å². The number of benzene rings is 1. The molecule has 7 heteroatoms. The van der Waals surface area contributed by atoms with Crippen LogP contribution in [0.25, 0.3) is 22.3 Å². The lowest BCUT2D eigenvalue weighted by Crippen LogP contribution is -2.26. The van der Waals surface area contributed by atoms with Crippen LogP contribution in [0.4, 0.5) is 0 Å². The lowest BCUT2D eigenvalue weighted by molar-refractivity contribution is 0.452. The van der Waals surface area contributed by atoms with Gasteiger partial charge in [-0.3, -0.25) is 4.55 Å². The minimum Gasteiger partial charge on any atom is -0.339 e. The zero-order valence-corrected chi connectivity index (χ0v) is 15.3. The molecule has 0 aliphatic carbocycles. The van der Waals surface area contributed by atoms with Crippen molar-refractivity contribution in [2.45, 2.75) is 39.8 Å². The van der Waals surface area contributed by atoms with Crippen molar-refractivity contribution in [3.8, 4) is 11.4 Å². The number of fused-ring (bicyclic) bond motifs is 5. The lowest BCUT2D eigenvalue weighted by atomic mass is 9.97. The summed E-state index contributed by atoms with van der Waals surface area (Å²) < 4.78 is 36.7. The molecule has 4 rings (SSSR count). The molecule has 132 valence electrons. The summed E-state index contributed by atoms with van der Waals surface area (Å²) in [5, 5.41) is 1.15.